The zero-order valence-corrected chi connectivity index (χ0v) is 10.5. The van der Waals surface area contributed by atoms with Gasteiger partial charge >= 0.3 is 0 Å². The van der Waals surface area contributed by atoms with E-state index in [1.54, 1.807) is 0 Å². The summed E-state index contributed by atoms with van der Waals surface area (Å²) in [4.78, 5) is 2.25. The highest BCUT2D eigenvalue weighted by atomic mass is 16.5. The van der Waals surface area contributed by atoms with Crippen LogP contribution in [0.25, 0.3) is 0 Å². The third kappa shape index (κ3) is 2.80. The fraction of sp³-hybridized carbons (Fsp3) is 0.462. The van der Waals surface area contributed by atoms with Crippen LogP contribution >= 0.6 is 0 Å². The summed E-state index contributed by atoms with van der Waals surface area (Å²) in [6, 6.07) is 8.16. The predicted molar refractivity (Wildman–Crippen MR) is 69.6 cm³/mol. The van der Waals surface area contributed by atoms with Crippen LogP contribution in [-0.2, 0) is 11.3 Å². The maximum absolute atomic E-state index is 8.79. The number of rotatable bonds is 4. The summed E-state index contributed by atoms with van der Waals surface area (Å²) in [6.45, 7) is 2.37. The molecule has 2 rings (SSSR count). The molecule has 0 amide bonds. The average molecular weight is 249 g/mol. The van der Waals surface area contributed by atoms with Gasteiger partial charge in [-0.25, -0.2) is 0 Å². The van der Waals surface area contributed by atoms with Gasteiger partial charge in [0.05, 0.1) is 6.61 Å². The number of nitrogens with zero attached hydrogens (tertiary/aromatic N) is 2. The van der Waals surface area contributed by atoms with Gasteiger partial charge < -0.3 is 15.7 Å². The van der Waals surface area contributed by atoms with E-state index in [4.69, 9.17) is 15.7 Å². The minimum atomic E-state index is 0.154. The largest absolute Gasteiger partial charge is 0.409 e. The molecular weight excluding hydrogens is 230 g/mol. The number of oxime groups is 1. The van der Waals surface area contributed by atoms with Crippen molar-refractivity contribution in [1.82, 2.24) is 4.90 Å². The first-order valence-electron chi connectivity index (χ1n) is 6.06. The zero-order chi connectivity index (χ0) is 13.0. The zero-order valence-electron chi connectivity index (χ0n) is 10.5. The third-order valence-electron chi connectivity index (χ3n) is 3.35. The lowest BCUT2D eigenvalue weighted by molar-refractivity contribution is 0.156. The lowest BCUT2D eigenvalue weighted by Crippen LogP contribution is -2.32. The molecule has 1 unspecified atom stereocenters. The molecule has 1 heterocycles. The molecule has 1 aromatic rings. The minimum absolute atomic E-state index is 0.154. The molecule has 1 saturated heterocycles. The van der Waals surface area contributed by atoms with Gasteiger partial charge in [0.1, 0.15) is 0 Å². The Morgan fingerprint density at radius 3 is 3.00 bits per heavy atom. The molecule has 98 valence electrons. The Hall–Kier alpha value is -1.59. The lowest BCUT2D eigenvalue weighted by Gasteiger charge is -2.23. The van der Waals surface area contributed by atoms with Gasteiger partial charge in [-0.2, -0.15) is 0 Å². The first-order chi connectivity index (χ1) is 8.72. The van der Waals surface area contributed by atoms with Crippen molar-refractivity contribution in [2.75, 3.05) is 20.3 Å². The Morgan fingerprint density at radius 1 is 1.56 bits per heavy atom. The minimum Gasteiger partial charge on any atom is -0.409 e. The van der Waals surface area contributed by atoms with Crippen LogP contribution in [0.5, 0.6) is 0 Å². The molecule has 5 nitrogen and oxygen atoms in total. The molecular formula is C13H19N3O2. The van der Waals surface area contributed by atoms with Crippen molar-refractivity contribution in [3.05, 3.63) is 35.4 Å². The second-order valence-electron chi connectivity index (χ2n) is 4.57. The van der Waals surface area contributed by atoms with Crippen molar-refractivity contribution in [2.24, 2.45) is 10.9 Å². The van der Waals surface area contributed by atoms with Crippen LogP contribution in [0.1, 0.15) is 17.5 Å². The average Bonchev–Trinajstić information content (AvgIpc) is 2.92. The van der Waals surface area contributed by atoms with Crippen molar-refractivity contribution < 1.29 is 9.94 Å². The topological polar surface area (TPSA) is 71.1 Å². The smallest absolute Gasteiger partial charge is 0.170 e. The van der Waals surface area contributed by atoms with Crippen molar-refractivity contribution in [2.45, 2.75) is 19.0 Å². The van der Waals surface area contributed by atoms with Crippen LogP contribution in [0.4, 0.5) is 0 Å². The van der Waals surface area contributed by atoms with Gasteiger partial charge in [0.2, 0.25) is 0 Å². The summed E-state index contributed by atoms with van der Waals surface area (Å²) in [5, 5.41) is 11.9. The Balaban J connectivity index is 2.13. The molecule has 1 aromatic carbocycles. The number of amidine groups is 1. The summed E-state index contributed by atoms with van der Waals surface area (Å²) in [6.07, 6.45) is 1.06. The highest BCUT2D eigenvalue weighted by Gasteiger charge is 2.21. The van der Waals surface area contributed by atoms with Crippen LogP contribution in [0, 0.1) is 0 Å². The first-order valence-corrected chi connectivity index (χ1v) is 6.06. The van der Waals surface area contributed by atoms with E-state index in [2.05, 4.69) is 17.1 Å². The summed E-state index contributed by atoms with van der Waals surface area (Å²) in [5.74, 6) is 0.154. The number of nitrogens with two attached hydrogens (primary N) is 1. The van der Waals surface area contributed by atoms with Crippen LogP contribution in [0.2, 0.25) is 0 Å². The second kappa shape index (κ2) is 5.84. The number of hydrogen-bond acceptors (Lipinski definition) is 4. The molecule has 1 aliphatic rings. The molecule has 1 aliphatic heterocycles. The van der Waals surface area contributed by atoms with E-state index in [-0.39, 0.29) is 5.84 Å². The number of hydrogen-bond donors (Lipinski definition) is 2. The standard InChI is InChI=1S/C13H19N3O2/c1-16(11-6-7-18-9-11)8-10-4-2-3-5-12(10)13(14)15-17/h2-5,11,17H,6-9H2,1H3,(H2,14,15). The molecule has 0 spiro atoms. The summed E-state index contributed by atoms with van der Waals surface area (Å²) in [5.41, 5.74) is 7.52. The summed E-state index contributed by atoms with van der Waals surface area (Å²) < 4.78 is 5.38. The fourth-order valence-electron chi connectivity index (χ4n) is 2.23. The van der Waals surface area contributed by atoms with E-state index in [9.17, 15) is 0 Å². The van der Waals surface area contributed by atoms with Crippen LogP contribution in [0.3, 0.4) is 0 Å². The van der Waals surface area contributed by atoms with Crippen molar-refractivity contribution >= 4 is 5.84 Å². The van der Waals surface area contributed by atoms with Gasteiger partial charge in [-0.1, -0.05) is 29.4 Å². The maximum atomic E-state index is 8.79. The number of likely N-dealkylation sites (N-methyl/N-ethyl adjacent to an activating group) is 1. The Morgan fingerprint density at radius 2 is 2.33 bits per heavy atom. The Kier molecular flexibility index (Phi) is 4.17. The normalized spacial score (nSPS) is 20.6. The summed E-state index contributed by atoms with van der Waals surface area (Å²) >= 11 is 0. The predicted octanol–water partition coefficient (Wildman–Crippen LogP) is 1.00. The quantitative estimate of drug-likeness (QED) is 0.361. The van der Waals surface area contributed by atoms with Crippen molar-refractivity contribution in [3.63, 3.8) is 0 Å². The molecule has 3 N–H and O–H groups in total. The highest BCUT2D eigenvalue weighted by Crippen LogP contribution is 2.16. The second-order valence-corrected chi connectivity index (χ2v) is 4.57. The number of benzene rings is 1. The van der Waals surface area contributed by atoms with E-state index < -0.39 is 0 Å². The van der Waals surface area contributed by atoms with Gasteiger partial charge in [-0.3, -0.25) is 4.90 Å². The van der Waals surface area contributed by atoms with E-state index in [0.717, 1.165) is 37.3 Å². The Labute approximate surface area is 107 Å². The molecule has 0 aliphatic carbocycles. The SMILES string of the molecule is CN(Cc1ccccc1/C(N)=N/O)C1CCOC1. The third-order valence-corrected chi connectivity index (χ3v) is 3.35. The van der Waals surface area contributed by atoms with E-state index in [1.165, 1.54) is 0 Å². The molecule has 0 saturated carbocycles. The van der Waals surface area contributed by atoms with Gasteiger partial charge in [-0.05, 0) is 19.0 Å². The molecule has 5 heteroatoms. The summed E-state index contributed by atoms with van der Waals surface area (Å²) in [7, 11) is 2.07. The number of ether oxygens (including phenoxy) is 1. The highest BCUT2D eigenvalue weighted by molar-refractivity contribution is 5.98. The molecule has 0 radical (unpaired) electrons. The fourth-order valence-corrected chi connectivity index (χ4v) is 2.23. The van der Waals surface area contributed by atoms with Crippen molar-refractivity contribution in [1.29, 1.82) is 0 Å². The van der Waals surface area contributed by atoms with E-state index in [0.29, 0.717) is 6.04 Å². The Bertz CT molecular complexity index is 428. The van der Waals surface area contributed by atoms with Crippen LogP contribution < -0.4 is 5.73 Å². The maximum Gasteiger partial charge on any atom is 0.170 e. The van der Waals surface area contributed by atoms with E-state index in [1.807, 2.05) is 24.3 Å². The molecule has 0 aromatic heterocycles. The molecule has 0 bridgehead atoms. The van der Waals surface area contributed by atoms with Gasteiger partial charge in [-0.15, -0.1) is 0 Å². The molecule has 18 heavy (non-hydrogen) atoms. The lowest BCUT2D eigenvalue weighted by atomic mass is 10.1. The van der Waals surface area contributed by atoms with Gasteiger partial charge in [0.15, 0.2) is 5.84 Å². The first kappa shape index (κ1) is 12.9. The van der Waals surface area contributed by atoms with Crippen molar-refractivity contribution in [3.8, 4) is 0 Å². The molecule has 1 atom stereocenters. The van der Waals surface area contributed by atoms with Crippen LogP contribution in [0.15, 0.2) is 29.4 Å². The monoisotopic (exact) mass is 249 g/mol. The van der Waals surface area contributed by atoms with Gasteiger partial charge in [0.25, 0.3) is 0 Å². The van der Waals surface area contributed by atoms with Gasteiger partial charge in [0, 0.05) is 24.8 Å². The van der Waals surface area contributed by atoms with E-state index >= 15 is 0 Å². The molecule has 1 fully saturated rings. The van der Waals surface area contributed by atoms with Crippen LogP contribution in [-0.4, -0.2) is 42.2 Å².